The van der Waals surface area contributed by atoms with E-state index >= 15 is 0 Å². The lowest BCUT2D eigenvalue weighted by Crippen LogP contribution is -2.12. The number of benzene rings is 1. The molecule has 0 radical (unpaired) electrons. The topological polar surface area (TPSA) is 61.2 Å². The lowest BCUT2D eigenvalue weighted by Gasteiger charge is -2.15. The van der Waals surface area contributed by atoms with Crippen LogP contribution in [0.25, 0.3) is 5.57 Å². The van der Waals surface area contributed by atoms with Gasteiger partial charge in [-0.2, -0.15) is 5.10 Å². The quantitative estimate of drug-likeness (QED) is 0.525. The first-order valence-electron chi connectivity index (χ1n) is 8.84. The smallest absolute Gasteiger partial charge is 0.309 e. The van der Waals surface area contributed by atoms with Crippen molar-refractivity contribution in [1.29, 1.82) is 0 Å². The first kappa shape index (κ1) is 20.9. The number of esters is 1. The summed E-state index contributed by atoms with van der Waals surface area (Å²) in [5.74, 6) is -0.546. The Morgan fingerprint density at radius 3 is 2.26 bits per heavy atom. The van der Waals surface area contributed by atoms with Crippen molar-refractivity contribution in [2.24, 2.45) is 0 Å². The van der Waals surface area contributed by atoms with Crippen LogP contribution >= 0.6 is 11.6 Å². The number of carbonyl (C=O) groups excluding carboxylic acids is 2. The molecule has 27 heavy (non-hydrogen) atoms. The molecule has 1 heterocycles. The molecule has 0 aliphatic rings. The van der Waals surface area contributed by atoms with Crippen LogP contribution in [0, 0.1) is 13.8 Å². The van der Waals surface area contributed by atoms with E-state index in [1.807, 2.05) is 34.6 Å². The number of rotatable bonds is 5. The van der Waals surface area contributed by atoms with Gasteiger partial charge in [0.05, 0.1) is 5.69 Å². The SMILES string of the molecule is CCn1nc(C)c(C(=O)c2ccc(Cl)c(C(C)=C(C)C)c2C)c1OC(C)=O. The molecule has 0 atom stereocenters. The van der Waals surface area contributed by atoms with Crippen LogP contribution in [0.4, 0.5) is 0 Å². The normalized spacial score (nSPS) is 10.7. The second kappa shape index (κ2) is 8.09. The van der Waals surface area contributed by atoms with Crippen LogP contribution in [0.15, 0.2) is 17.7 Å². The fourth-order valence-electron chi connectivity index (χ4n) is 3.05. The number of aryl methyl sites for hydroxylation is 2. The molecule has 2 rings (SSSR count). The van der Waals surface area contributed by atoms with Gasteiger partial charge in [0.2, 0.25) is 11.7 Å². The van der Waals surface area contributed by atoms with E-state index < -0.39 is 5.97 Å². The highest BCUT2D eigenvalue weighted by Gasteiger charge is 2.27. The number of hydrogen-bond acceptors (Lipinski definition) is 4. The summed E-state index contributed by atoms with van der Waals surface area (Å²) in [4.78, 5) is 24.9. The van der Waals surface area contributed by atoms with Gasteiger partial charge in [0.15, 0.2) is 0 Å². The molecule has 144 valence electrons. The van der Waals surface area contributed by atoms with E-state index in [9.17, 15) is 9.59 Å². The van der Waals surface area contributed by atoms with Crippen molar-refractivity contribution in [3.63, 3.8) is 0 Å². The number of aromatic nitrogens is 2. The largest absolute Gasteiger partial charge is 0.407 e. The fraction of sp³-hybridized carbons (Fsp3) is 0.381. The van der Waals surface area contributed by atoms with E-state index in [4.69, 9.17) is 16.3 Å². The van der Waals surface area contributed by atoms with Crippen LogP contribution in [-0.4, -0.2) is 21.5 Å². The third kappa shape index (κ3) is 3.98. The van der Waals surface area contributed by atoms with Gasteiger partial charge in [0, 0.05) is 24.1 Å². The van der Waals surface area contributed by atoms with Crippen LogP contribution in [-0.2, 0) is 11.3 Å². The molecule has 0 bridgehead atoms. The molecule has 0 amide bonds. The molecular weight excluding hydrogens is 364 g/mol. The highest BCUT2D eigenvalue weighted by molar-refractivity contribution is 6.32. The van der Waals surface area contributed by atoms with Gasteiger partial charge >= 0.3 is 5.97 Å². The van der Waals surface area contributed by atoms with Crippen molar-refractivity contribution in [3.8, 4) is 5.88 Å². The number of nitrogens with zero attached hydrogens (tertiary/aromatic N) is 2. The van der Waals surface area contributed by atoms with Crippen molar-refractivity contribution in [1.82, 2.24) is 9.78 Å². The van der Waals surface area contributed by atoms with E-state index in [1.54, 1.807) is 19.1 Å². The van der Waals surface area contributed by atoms with Crippen molar-refractivity contribution in [2.45, 2.75) is 55.0 Å². The Hall–Kier alpha value is -2.40. The van der Waals surface area contributed by atoms with Crippen LogP contribution < -0.4 is 4.74 Å². The van der Waals surface area contributed by atoms with Crippen molar-refractivity contribution >= 4 is 28.9 Å². The second-order valence-corrected chi connectivity index (χ2v) is 7.13. The number of allylic oxidation sites excluding steroid dienone is 2. The molecular formula is C21H25ClN2O3. The van der Waals surface area contributed by atoms with E-state index in [0.29, 0.717) is 28.4 Å². The molecule has 0 aliphatic heterocycles. The summed E-state index contributed by atoms with van der Waals surface area (Å²) in [5.41, 5.74) is 5.16. The Bertz CT molecular complexity index is 951. The third-order valence-corrected chi connectivity index (χ3v) is 4.95. The van der Waals surface area contributed by atoms with Crippen LogP contribution in [0.1, 0.15) is 67.4 Å². The fourth-order valence-corrected chi connectivity index (χ4v) is 3.39. The van der Waals surface area contributed by atoms with Gasteiger partial charge in [-0.25, -0.2) is 4.68 Å². The van der Waals surface area contributed by atoms with Gasteiger partial charge in [-0.1, -0.05) is 17.2 Å². The highest BCUT2D eigenvalue weighted by Crippen LogP contribution is 2.34. The van der Waals surface area contributed by atoms with Gasteiger partial charge < -0.3 is 4.74 Å². The van der Waals surface area contributed by atoms with Crippen molar-refractivity contribution in [3.05, 3.63) is 50.7 Å². The number of ether oxygens (including phenoxy) is 1. The highest BCUT2D eigenvalue weighted by atomic mass is 35.5. The molecule has 0 saturated heterocycles. The molecule has 1 aromatic carbocycles. The number of ketones is 1. The average molecular weight is 389 g/mol. The first-order valence-corrected chi connectivity index (χ1v) is 9.21. The summed E-state index contributed by atoms with van der Waals surface area (Å²) in [6.07, 6.45) is 0. The van der Waals surface area contributed by atoms with Crippen molar-refractivity contribution in [2.75, 3.05) is 0 Å². The molecule has 0 saturated carbocycles. The molecule has 5 nitrogen and oxygen atoms in total. The summed E-state index contributed by atoms with van der Waals surface area (Å²) in [6.45, 7) is 13.3. The Morgan fingerprint density at radius 1 is 1.11 bits per heavy atom. The molecule has 0 spiro atoms. The summed E-state index contributed by atoms with van der Waals surface area (Å²) >= 11 is 6.42. The Balaban J connectivity index is 2.70. The van der Waals surface area contributed by atoms with Gasteiger partial charge in [0.1, 0.15) is 5.56 Å². The van der Waals surface area contributed by atoms with E-state index in [-0.39, 0.29) is 11.7 Å². The van der Waals surface area contributed by atoms with Gasteiger partial charge in [-0.3, -0.25) is 9.59 Å². The minimum atomic E-state index is -0.493. The molecule has 0 N–H and O–H groups in total. The predicted molar refractivity (Wildman–Crippen MR) is 108 cm³/mol. The standard InChI is InChI=1S/C21H25ClN2O3/c1-8-24-21(27-15(7)25)19(14(6)23-24)20(26)16-9-10-17(22)18(13(16)5)12(4)11(2)3/h9-10H,8H2,1-7H3. The minimum Gasteiger partial charge on any atom is -0.407 e. The Kier molecular flexibility index (Phi) is 6.26. The van der Waals surface area contributed by atoms with Crippen LogP contribution in [0.2, 0.25) is 5.02 Å². The summed E-state index contributed by atoms with van der Waals surface area (Å²) in [7, 11) is 0. The predicted octanol–water partition coefficient (Wildman–Crippen LogP) is 5.14. The van der Waals surface area contributed by atoms with Crippen LogP contribution in [0.3, 0.4) is 0 Å². The van der Waals surface area contributed by atoms with E-state index in [0.717, 1.165) is 22.3 Å². The maximum Gasteiger partial charge on any atom is 0.309 e. The molecule has 2 aromatic rings. The molecule has 0 fully saturated rings. The molecule has 0 unspecified atom stereocenters. The Morgan fingerprint density at radius 2 is 1.74 bits per heavy atom. The lowest BCUT2D eigenvalue weighted by molar-refractivity contribution is -0.132. The summed E-state index contributed by atoms with van der Waals surface area (Å²) < 4.78 is 6.84. The summed E-state index contributed by atoms with van der Waals surface area (Å²) in [5, 5.41) is 4.95. The van der Waals surface area contributed by atoms with Gasteiger partial charge in [0.25, 0.3) is 0 Å². The number of hydrogen-bond donors (Lipinski definition) is 0. The van der Waals surface area contributed by atoms with E-state index in [2.05, 4.69) is 5.10 Å². The van der Waals surface area contributed by atoms with E-state index in [1.165, 1.54) is 11.6 Å². The minimum absolute atomic E-state index is 0.183. The summed E-state index contributed by atoms with van der Waals surface area (Å²) in [6, 6.07) is 3.44. The maximum absolute atomic E-state index is 13.4. The third-order valence-electron chi connectivity index (χ3n) is 4.63. The van der Waals surface area contributed by atoms with Gasteiger partial charge in [-0.05, 0) is 70.4 Å². The average Bonchev–Trinajstić information content (AvgIpc) is 2.88. The monoisotopic (exact) mass is 388 g/mol. The Labute approximate surface area is 165 Å². The van der Waals surface area contributed by atoms with Gasteiger partial charge in [-0.15, -0.1) is 0 Å². The first-order chi connectivity index (χ1) is 12.6. The zero-order valence-electron chi connectivity index (χ0n) is 16.9. The molecule has 6 heteroatoms. The number of halogens is 1. The lowest BCUT2D eigenvalue weighted by atomic mass is 9.91. The van der Waals surface area contributed by atoms with Crippen molar-refractivity contribution < 1.29 is 14.3 Å². The molecule has 1 aromatic heterocycles. The number of carbonyl (C=O) groups is 2. The zero-order valence-corrected chi connectivity index (χ0v) is 17.6. The maximum atomic E-state index is 13.4. The second-order valence-electron chi connectivity index (χ2n) is 6.72. The zero-order chi connectivity index (χ0) is 20.5. The van der Waals surface area contributed by atoms with Crippen LogP contribution in [0.5, 0.6) is 5.88 Å². The molecule has 0 aliphatic carbocycles.